The Kier molecular flexibility index (Phi) is 4.93. The number of para-hydroxylation sites is 1. The van der Waals surface area contributed by atoms with Gasteiger partial charge < -0.3 is 10.2 Å². The molecule has 0 radical (unpaired) electrons. The lowest BCUT2D eigenvalue weighted by atomic mass is 10.2. The van der Waals surface area contributed by atoms with Crippen molar-refractivity contribution in [3.05, 3.63) is 54.2 Å². The van der Waals surface area contributed by atoms with Crippen molar-refractivity contribution in [2.45, 2.75) is 19.9 Å². The topological polar surface area (TPSA) is 28.2 Å². The van der Waals surface area contributed by atoms with Crippen molar-refractivity contribution < 1.29 is 0 Å². The highest BCUT2D eigenvalue weighted by atomic mass is 15.2. The highest BCUT2D eigenvalue weighted by molar-refractivity contribution is 5.61. The van der Waals surface area contributed by atoms with Crippen molar-refractivity contribution in [1.29, 1.82) is 0 Å². The van der Waals surface area contributed by atoms with E-state index < -0.39 is 0 Å². The highest BCUT2D eigenvalue weighted by Gasteiger charge is 2.09. The predicted octanol–water partition coefficient (Wildman–Crippen LogP) is 3.35. The van der Waals surface area contributed by atoms with E-state index in [0.29, 0.717) is 0 Å². The molecule has 0 saturated carbocycles. The molecule has 0 spiro atoms. The zero-order chi connectivity index (χ0) is 13.5. The fraction of sp³-hybridized carbons (Fsp3) is 0.312. The van der Waals surface area contributed by atoms with Gasteiger partial charge in [-0.2, -0.15) is 0 Å². The maximum absolute atomic E-state index is 4.52. The summed E-state index contributed by atoms with van der Waals surface area (Å²) >= 11 is 0. The van der Waals surface area contributed by atoms with Gasteiger partial charge in [0.2, 0.25) is 0 Å². The minimum atomic E-state index is 0.855. The van der Waals surface area contributed by atoms with Crippen molar-refractivity contribution in [3.63, 3.8) is 0 Å². The molecule has 0 unspecified atom stereocenters. The van der Waals surface area contributed by atoms with E-state index in [2.05, 4.69) is 47.4 Å². The zero-order valence-corrected chi connectivity index (χ0v) is 11.6. The van der Waals surface area contributed by atoms with Crippen LogP contribution in [0.3, 0.4) is 0 Å². The lowest BCUT2D eigenvalue weighted by Crippen LogP contribution is -2.19. The molecule has 1 aromatic carbocycles. The fourth-order valence-corrected chi connectivity index (χ4v) is 2.04. The van der Waals surface area contributed by atoms with Crippen molar-refractivity contribution in [1.82, 2.24) is 10.3 Å². The van der Waals surface area contributed by atoms with Gasteiger partial charge >= 0.3 is 0 Å². The SMILES string of the molecule is CCCNCc1cccnc1N(C)c1ccccc1. The minimum Gasteiger partial charge on any atom is -0.329 e. The molecule has 0 aliphatic rings. The van der Waals surface area contributed by atoms with E-state index in [-0.39, 0.29) is 0 Å². The fourth-order valence-electron chi connectivity index (χ4n) is 2.04. The Morgan fingerprint density at radius 1 is 1.11 bits per heavy atom. The van der Waals surface area contributed by atoms with Crippen LogP contribution in [-0.2, 0) is 6.54 Å². The summed E-state index contributed by atoms with van der Waals surface area (Å²) in [7, 11) is 2.06. The number of hydrogen-bond donors (Lipinski definition) is 1. The summed E-state index contributed by atoms with van der Waals surface area (Å²) in [4.78, 5) is 6.65. The molecule has 2 aromatic rings. The van der Waals surface area contributed by atoms with Crippen molar-refractivity contribution in [2.75, 3.05) is 18.5 Å². The number of nitrogens with one attached hydrogen (secondary N) is 1. The molecule has 3 nitrogen and oxygen atoms in total. The van der Waals surface area contributed by atoms with Gasteiger partial charge in [-0.1, -0.05) is 31.2 Å². The van der Waals surface area contributed by atoms with Gasteiger partial charge in [-0.15, -0.1) is 0 Å². The standard InChI is InChI=1S/C16H21N3/c1-3-11-17-13-14-8-7-12-18-16(14)19(2)15-9-5-4-6-10-15/h4-10,12,17H,3,11,13H2,1-2H3. The van der Waals surface area contributed by atoms with Crippen molar-refractivity contribution in [3.8, 4) is 0 Å². The van der Waals surface area contributed by atoms with Crippen LogP contribution >= 0.6 is 0 Å². The lowest BCUT2D eigenvalue weighted by molar-refractivity contribution is 0.673. The third-order valence-corrected chi connectivity index (χ3v) is 3.07. The van der Waals surface area contributed by atoms with Crippen LogP contribution in [0.1, 0.15) is 18.9 Å². The Balaban J connectivity index is 2.19. The molecule has 3 heteroatoms. The second kappa shape index (κ2) is 6.90. The molecule has 100 valence electrons. The Morgan fingerprint density at radius 3 is 2.63 bits per heavy atom. The molecule has 1 heterocycles. The van der Waals surface area contributed by atoms with Crippen LogP contribution in [0.4, 0.5) is 11.5 Å². The highest BCUT2D eigenvalue weighted by Crippen LogP contribution is 2.24. The van der Waals surface area contributed by atoms with Crippen molar-refractivity contribution >= 4 is 11.5 Å². The van der Waals surface area contributed by atoms with Crippen LogP contribution in [0, 0.1) is 0 Å². The quantitative estimate of drug-likeness (QED) is 0.802. The van der Waals surface area contributed by atoms with Gasteiger partial charge in [-0.3, -0.25) is 0 Å². The lowest BCUT2D eigenvalue weighted by Gasteiger charge is -2.21. The van der Waals surface area contributed by atoms with Crippen LogP contribution in [0.25, 0.3) is 0 Å². The molecule has 0 bridgehead atoms. The van der Waals surface area contributed by atoms with Gasteiger partial charge in [-0.25, -0.2) is 4.98 Å². The third kappa shape index (κ3) is 3.55. The maximum atomic E-state index is 4.52. The molecule has 19 heavy (non-hydrogen) atoms. The summed E-state index contributed by atoms with van der Waals surface area (Å²) < 4.78 is 0. The van der Waals surface area contributed by atoms with Crippen LogP contribution in [0.2, 0.25) is 0 Å². The third-order valence-electron chi connectivity index (χ3n) is 3.07. The Morgan fingerprint density at radius 2 is 1.89 bits per heavy atom. The van der Waals surface area contributed by atoms with Crippen LogP contribution < -0.4 is 10.2 Å². The summed E-state index contributed by atoms with van der Waals surface area (Å²) in [5.74, 6) is 1.01. The maximum Gasteiger partial charge on any atom is 0.137 e. The first-order valence-corrected chi connectivity index (χ1v) is 6.76. The van der Waals surface area contributed by atoms with E-state index in [0.717, 1.165) is 31.0 Å². The van der Waals surface area contributed by atoms with E-state index in [1.807, 2.05) is 30.5 Å². The molecule has 0 saturated heterocycles. The average molecular weight is 255 g/mol. The number of hydrogen-bond acceptors (Lipinski definition) is 3. The molecule has 0 fully saturated rings. The second-order valence-corrected chi connectivity index (χ2v) is 4.56. The first-order chi connectivity index (χ1) is 9.33. The molecule has 1 aromatic heterocycles. The number of benzene rings is 1. The number of aromatic nitrogens is 1. The number of anilines is 2. The summed E-state index contributed by atoms with van der Waals surface area (Å²) in [5, 5.41) is 3.43. The van der Waals surface area contributed by atoms with Gasteiger partial charge in [0.25, 0.3) is 0 Å². The van der Waals surface area contributed by atoms with E-state index in [1.54, 1.807) is 0 Å². The van der Waals surface area contributed by atoms with Gasteiger partial charge in [0.15, 0.2) is 0 Å². The molecule has 1 N–H and O–H groups in total. The van der Waals surface area contributed by atoms with Crippen LogP contribution in [0.15, 0.2) is 48.7 Å². The molecular weight excluding hydrogens is 234 g/mol. The first-order valence-electron chi connectivity index (χ1n) is 6.76. The van der Waals surface area contributed by atoms with Crippen molar-refractivity contribution in [2.24, 2.45) is 0 Å². The summed E-state index contributed by atoms with van der Waals surface area (Å²) in [6.07, 6.45) is 2.99. The Hall–Kier alpha value is -1.87. The van der Waals surface area contributed by atoms with Crippen LogP contribution in [0.5, 0.6) is 0 Å². The van der Waals surface area contributed by atoms with Gasteiger partial charge in [0.05, 0.1) is 0 Å². The Labute approximate surface area is 115 Å². The van der Waals surface area contributed by atoms with E-state index >= 15 is 0 Å². The molecule has 0 atom stereocenters. The molecule has 0 aliphatic heterocycles. The van der Waals surface area contributed by atoms with Gasteiger partial charge in [0, 0.05) is 31.0 Å². The monoisotopic (exact) mass is 255 g/mol. The first kappa shape index (κ1) is 13.6. The predicted molar refractivity (Wildman–Crippen MR) is 80.7 cm³/mol. The van der Waals surface area contributed by atoms with Crippen LogP contribution in [-0.4, -0.2) is 18.6 Å². The molecule has 2 rings (SSSR count). The van der Waals surface area contributed by atoms with E-state index in [1.165, 1.54) is 5.56 Å². The summed E-state index contributed by atoms with van der Waals surface area (Å²) in [6, 6.07) is 14.4. The number of nitrogens with zero attached hydrogens (tertiary/aromatic N) is 2. The largest absolute Gasteiger partial charge is 0.329 e. The van der Waals surface area contributed by atoms with E-state index in [4.69, 9.17) is 0 Å². The summed E-state index contributed by atoms with van der Waals surface area (Å²) in [6.45, 7) is 4.06. The second-order valence-electron chi connectivity index (χ2n) is 4.56. The summed E-state index contributed by atoms with van der Waals surface area (Å²) in [5.41, 5.74) is 2.38. The zero-order valence-electron chi connectivity index (χ0n) is 11.6. The minimum absolute atomic E-state index is 0.855. The number of pyridine rings is 1. The molecule has 0 aliphatic carbocycles. The van der Waals surface area contributed by atoms with Gasteiger partial charge in [0.1, 0.15) is 5.82 Å². The Bertz CT molecular complexity index is 496. The molecule has 0 amide bonds. The normalized spacial score (nSPS) is 10.4. The average Bonchev–Trinajstić information content (AvgIpc) is 2.48. The smallest absolute Gasteiger partial charge is 0.137 e. The number of rotatable bonds is 6. The van der Waals surface area contributed by atoms with Gasteiger partial charge in [-0.05, 0) is 31.2 Å². The van der Waals surface area contributed by atoms with E-state index in [9.17, 15) is 0 Å². The molecular formula is C16H21N3.